The average Bonchev–Trinajstić information content (AvgIpc) is 2.60. The molecule has 2 aromatic rings. The smallest absolute Gasteiger partial charge is 0.261 e. The highest BCUT2D eigenvalue weighted by Crippen LogP contribution is 2.30. The van der Waals surface area contributed by atoms with Crippen LogP contribution in [0.5, 0.6) is 5.75 Å². The van der Waals surface area contributed by atoms with E-state index in [1.54, 1.807) is 48.5 Å². The second-order valence-corrected chi connectivity index (χ2v) is 5.73. The van der Waals surface area contributed by atoms with Crippen LogP contribution in [0.25, 0.3) is 0 Å². The molecule has 0 aromatic heterocycles. The number of fused-ring (bicyclic) bond motifs is 1. The van der Waals surface area contributed by atoms with Gasteiger partial charge in [-0.25, -0.2) is 0 Å². The molecule has 2 N–H and O–H groups in total. The number of benzene rings is 2. The topological polar surface area (TPSA) is 89.7 Å². The minimum atomic E-state index is -1.14. The van der Waals surface area contributed by atoms with E-state index in [1.165, 1.54) is 0 Å². The first-order valence-electron chi connectivity index (χ1n) is 7.98. The normalized spacial score (nSPS) is 16.5. The molecule has 2 aromatic carbocycles. The number of nitrogens with zero attached hydrogens (tertiary/aromatic N) is 1. The van der Waals surface area contributed by atoms with Gasteiger partial charge in [-0.3, -0.25) is 19.3 Å². The van der Waals surface area contributed by atoms with E-state index in [0.717, 1.165) is 10.5 Å². The van der Waals surface area contributed by atoms with Crippen LogP contribution in [0, 0.1) is 0 Å². The van der Waals surface area contributed by atoms with Gasteiger partial charge in [-0.1, -0.05) is 30.3 Å². The molecule has 1 unspecified atom stereocenters. The Morgan fingerprint density at radius 1 is 1.12 bits per heavy atom. The Morgan fingerprint density at radius 2 is 1.80 bits per heavy atom. The van der Waals surface area contributed by atoms with Crippen LogP contribution in [0.1, 0.15) is 34.3 Å². The van der Waals surface area contributed by atoms with Crippen molar-refractivity contribution >= 4 is 17.7 Å². The number of hydrogen-bond donors (Lipinski definition) is 1. The van der Waals surface area contributed by atoms with Crippen LogP contribution in [0.3, 0.4) is 0 Å². The van der Waals surface area contributed by atoms with Gasteiger partial charge in [0.15, 0.2) is 0 Å². The summed E-state index contributed by atoms with van der Waals surface area (Å²) in [6, 6.07) is 13.7. The predicted octanol–water partition coefficient (Wildman–Crippen LogP) is 1.84. The number of carbonyl (C=O) groups is 3. The molecule has 0 saturated heterocycles. The lowest BCUT2D eigenvalue weighted by atomic mass is 9.87. The van der Waals surface area contributed by atoms with Crippen LogP contribution < -0.4 is 10.5 Å². The molecule has 128 valence electrons. The summed E-state index contributed by atoms with van der Waals surface area (Å²) in [5.74, 6) is -2.21. The van der Waals surface area contributed by atoms with E-state index in [4.69, 9.17) is 10.5 Å². The summed E-state index contributed by atoms with van der Waals surface area (Å²) in [6.07, 6.45) is 0. The van der Waals surface area contributed by atoms with E-state index >= 15 is 0 Å². The quantitative estimate of drug-likeness (QED) is 0.665. The molecule has 25 heavy (non-hydrogen) atoms. The van der Waals surface area contributed by atoms with Gasteiger partial charge in [0.1, 0.15) is 11.7 Å². The first kappa shape index (κ1) is 16.7. The lowest BCUT2D eigenvalue weighted by Crippen LogP contribution is -2.47. The van der Waals surface area contributed by atoms with E-state index in [2.05, 4.69) is 0 Å². The Labute approximate surface area is 145 Å². The first-order valence-corrected chi connectivity index (χ1v) is 7.98. The Hall–Kier alpha value is -3.15. The second kappa shape index (κ2) is 6.76. The molecule has 1 aliphatic heterocycles. The molecular weight excluding hydrogens is 320 g/mol. The summed E-state index contributed by atoms with van der Waals surface area (Å²) in [4.78, 5) is 38.3. The van der Waals surface area contributed by atoms with Crippen molar-refractivity contribution in [2.24, 2.45) is 5.73 Å². The van der Waals surface area contributed by atoms with Gasteiger partial charge in [-0.15, -0.1) is 0 Å². The molecule has 1 atom stereocenters. The van der Waals surface area contributed by atoms with Gasteiger partial charge >= 0.3 is 0 Å². The van der Waals surface area contributed by atoms with Crippen LogP contribution in [-0.4, -0.2) is 29.2 Å². The third-order valence-electron chi connectivity index (χ3n) is 4.12. The molecule has 0 saturated carbocycles. The van der Waals surface area contributed by atoms with Crippen molar-refractivity contribution in [2.75, 3.05) is 6.61 Å². The van der Waals surface area contributed by atoms with Crippen molar-refractivity contribution in [2.45, 2.75) is 19.4 Å². The molecule has 0 aliphatic carbocycles. The first-order chi connectivity index (χ1) is 12.0. The van der Waals surface area contributed by atoms with Gasteiger partial charge in [0.2, 0.25) is 11.8 Å². The molecule has 0 fully saturated rings. The summed E-state index contributed by atoms with van der Waals surface area (Å²) in [6.45, 7) is 2.52. The van der Waals surface area contributed by atoms with Crippen molar-refractivity contribution in [1.82, 2.24) is 4.90 Å². The Morgan fingerprint density at radius 3 is 2.44 bits per heavy atom. The number of primary amides is 1. The number of amides is 3. The molecule has 6 heteroatoms. The number of hydrogen-bond acceptors (Lipinski definition) is 4. The van der Waals surface area contributed by atoms with E-state index in [9.17, 15) is 14.4 Å². The fraction of sp³-hybridized carbons (Fsp3) is 0.211. The number of ether oxygens (including phenoxy) is 1. The number of imide groups is 1. The van der Waals surface area contributed by atoms with Crippen LogP contribution in [0.4, 0.5) is 0 Å². The molecule has 1 aliphatic rings. The second-order valence-electron chi connectivity index (χ2n) is 5.73. The van der Waals surface area contributed by atoms with Crippen LogP contribution >= 0.6 is 0 Å². The minimum absolute atomic E-state index is 0.0716. The molecule has 6 nitrogen and oxygen atoms in total. The highest BCUT2D eigenvalue weighted by atomic mass is 16.5. The highest BCUT2D eigenvalue weighted by Gasteiger charge is 2.41. The van der Waals surface area contributed by atoms with Gasteiger partial charge in [-0.2, -0.15) is 0 Å². The number of carbonyl (C=O) groups excluding carboxylic acids is 3. The van der Waals surface area contributed by atoms with Gasteiger partial charge in [-0.05, 0) is 36.2 Å². The van der Waals surface area contributed by atoms with Crippen LogP contribution in [-0.2, 0) is 16.1 Å². The van der Waals surface area contributed by atoms with Gasteiger partial charge < -0.3 is 10.5 Å². The predicted molar refractivity (Wildman–Crippen MR) is 90.9 cm³/mol. The molecule has 0 spiro atoms. The van der Waals surface area contributed by atoms with Crippen molar-refractivity contribution in [1.29, 1.82) is 0 Å². The van der Waals surface area contributed by atoms with E-state index in [1.807, 2.05) is 6.92 Å². The maximum Gasteiger partial charge on any atom is 0.261 e. The van der Waals surface area contributed by atoms with Crippen molar-refractivity contribution < 1.29 is 19.1 Å². The molecule has 0 bridgehead atoms. The molecular formula is C19H18N2O4. The largest absolute Gasteiger partial charge is 0.494 e. The van der Waals surface area contributed by atoms with E-state index < -0.39 is 23.6 Å². The molecule has 0 radical (unpaired) electrons. The Balaban J connectivity index is 1.92. The van der Waals surface area contributed by atoms with E-state index in [0.29, 0.717) is 23.5 Å². The summed E-state index contributed by atoms with van der Waals surface area (Å²) in [5.41, 5.74) is 6.87. The highest BCUT2D eigenvalue weighted by molar-refractivity contribution is 6.18. The van der Waals surface area contributed by atoms with Gasteiger partial charge in [0, 0.05) is 5.56 Å². The zero-order valence-corrected chi connectivity index (χ0v) is 13.8. The lowest BCUT2D eigenvalue weighted by molar-refractivity contribution is -0.136. The Bertz CT molecular complexity index is 830. The SMILES string of the molecule is CCOc1ccc(CN2C(=O)c3ccccc3C(C(N)=O)C2=O)cc1. The summed E-state index contributed by atoms with van der Waals surface area (Å²) in [5, 5.41) is 0. The van der Waals surface area contributed by atoms with Crippen molar-refractivity contribution in [3.05, 3.63) is 65.2 Å². The van der Waals surface area contributed by atoms with Crippen LogP contribution in [0.15, 0.2) is 48.5 Å². The van der Waals surface area contributed by atoms with Gasteiger partial charge in [0.05, 0.1) is 13.2 Å². The number of rotatable bonds is 5. The van der Waals surface area contributed by atoms with Crippen molar-refractivity contribution in [3.63, 3.8) is 0 Å². The van der Waals surface area contributed by atoms with Crippen molar-refractivity contribution in [3.8, 4) is 5.75 Å². The van der Waals surface area contributed by atoms with E-state index in [-0.39, 0.29) is 6.54 Å². The summed E-state index contributed by atoms with van der Waals surface area (Å²) in [7, 11) is 0. The summed E-state index contributed by atoms with van der Waals surface area (Å²) >= 11 is 0. The lowest BCUT2D eigenvalue weighted by Gasteiger charge is -2.31. The zero-order valence-electron chi connectivity index (χ0n) is 13.8. The number of nitrogens with two attached hydrogens (primary N) is 1. The molecule has 3 rings (SSSR count). The third-order valence-corrected chi connectivity index (χ3v) is 4.12. The Kier molecular flexibility index (Phi) is 4.52. The summed E-state index contributed by atoms with van der Waals surface area (Å²) < 4.78 is 5.38. The average molecular weight is 338 g/mol. The standard InChI is InChI=1S/C19H18N2O4/c1-2-25-13-9-7-12(8-10-13)11-21-18(23)15-6-4-3-5-14(15)16(17(20)22)19(21)24/h3-10,16H,2,11H2,1H3,(H2,20,22). The van der Waals surface area contributed by atoms with Gasteiger partial charge in [0.25, 0.3) is 5.91 Å². The fourth-order valence-electron chi connectivity index (χ4n) is 2.94. The third kappa shape index (κ3) is 3.10. The maximum absolute atomic E-state index is 12.7. The maximum atomic E-state index is 12.7. The molecule has 3 amide bonds. The minimum Gasteiger partial charge on any atom is -0.494 e. The zero-order chi connectivity index (χ0) is 18.0. The fourth-order valence-corrected chi connectivity index (χ4v) is 2.94. The monoisotopic (exact) mass is 338 g/mol. The molecule has 1 heterocycles. The van der Waals surface area contributed by atoms with Crippen LogP contribution in [0.2, 0.25) is 0 Å².